The Morgan fingerprint density at radius 2 is 1.19 bits per heavy atom. The molecule has 0 saturated carbocycles. The van der Waals surface area contributed by atoms with Crippen molar-refractivity contribution in [1.29, 1.82) is 0 Å². The molecule has 1 heteroatoms. The number of benzene rings is 2. The number of hydrogen-bond acceptors (Lipinski definition) is 1. The molecule has 0 bridgehead atoms. The number of rotatable bonds is 3. The number of hydrogen-bond donors (Lipinski definition) is 0. The van der Waals surface area contributed by atoms with Gasteiger partial charge in [0.1, 0.15) is 0 Å². The Bertz CT molecular complexity index is 613. The van der Waals surface area contributed by atoms with Gasteiger partial charge in [0.25, 0.3) is 0 Å². The van der Waals surface area contributed by atoms with Gasteiger partial charge in [0.2, 0.25) is 0 Å². The van der Waals surface area contributed by atoms with Crippen molar-refractivity contribution in [2.24, 2.45) is 0 Å². The summed E-state index contributed by atoms with van der Waals surface area (Å²) in [4.78, 5) is 12.7. The van der Waals surface area contributed by atoms with E-state index in [4.69, 9.17) is 0 Å². The van der Waals surface area contributed by atoms with Gasteiger partial charge in [-0.1, -0.05) is 75.4 Å². The highest BCUT2D eigenvalue weighted by Gasteiger charge is 2.30. The zero-order valence-corrected chi connectivity index (χ0v) is 13.6. The van der Waals surface area contributed by atoms with E-state index in [1.54, 1.807) is 0 Å². The third-order valence-electron chi connectivity index (χ3n) is 4.08. The first-order valence-electron chi connectivity index (χ1n) is 7.44. The van der Waals surface area contributed by atoms with Crippen molar-refractivity contribution in [3.8, 4) is 0 Å². The van der Waals surface area contributed by atoms with Crippen LogP contribution in [0.1, 0.15) is 56.1 Å². The zero-order chi connectivity index (χ0) is 15.7. The van der Waals surface area contributed by atoms with Crippen molar-refractivity contribution >= 4 is 5.78 Å². The first-order chi connectivity index (χ1) is 9.73. The summed E-state index contributed by atoms with van der Waals surface area (Å²) in [5.74, 6) is 0.159. The molecule has 0 spiro atoms. The molecule has 0 fully saturated rings. The average Bonchev–Trinajstić information content (AvgIpc) is 2.46. The Balaban J connectivity index is 2.34. The molecule has 0 radical (unpaired) electrons. The summed E-state index contributed by atoms with van der Waals surface area (Å²) in [7, 11) is 0. The Labute approximate surface area is 128 Å². The highest BCUT2D eigenvalue weighted by Crippen LogP contribution is 2.30. The standard InChI is InChI=1S/C20H24O/c1-19(2,3)16-11-13-17(14-12-16)20(4,5)18(21)15-9-7-6-8-10-15/h6-14H,1-5H3. The molecule has 2 aromatic carbocycles. The van der Waals surface area contributed by atoms with Crippen LogP contribution in [-0.2, 0) is 10.8 Å². The normalized spacial score (nSPS) is 12.2. The molecule has 21 heavy (non-hydrogen) atoms. The minimum absolute atomic E-state index is 0.131. The fourth-order valence-electron chi connectivity index (χ4n) is 2.47. The van der Waals surface area contributed by atoms with Gasteiger partial charge in [-0.3, -0.25) is 4.79 Å². The lowest BCUT2D eigenvalue weighted by atomic mass is 9.76. The van der Waals surface area contributed by atoms with Crippen molar-refractivity contribution in [2.75, 3.05) is 0 Å². The van der Waals surface area contributed by atoms with E-state index in [2.05, 4.69) is 45.0 Å². The first kappa shape index (κ1) is 15.5. The fraction of sp³-hybridized carbons (Fsp3) is 0.350. The number of Topliss-reactive ketones (excluding diaryl/α,β-unsaturated/α-hetero) is 1. The molecule has 1 nitrogen and oxygen atoms in total. The maximum Gasteiger partial charge on any atom is 0.172 e. The number of ketones is 1. The minimum atomic E-state index is -0.516. The second-order valence-corrected chi connectivity index (χ2v) is 7.15. The lowest BCUT2D eigenvalue weighted by Gasteiger charge is -2.26. The van der Waals surface area contributed by atoms with Crippen LogP contribution in [-0.4, -0.2) is 5.78 Å². The van der Waals surface area contributed by atoms with E-state index in [1.807, 2.05) is 44.2 Å². The van der Waals surface area contributed by atoms with E-state index in [0.717, 1.165) is 11.1 Å². The number of carbonyl (C=O) groups excluding carboxylic acids is 1. The van der Waals surface area contributed by atoms with Gasteiger partial charge < -0.3 is 0 Å². The second-order valence-electron chi connectivity index (χ2n) is 7.15. The Hall–Kier alpha value is -1.89. The van der Waals surface area contributed by atoms with Gasteiger partial charge in [-0.15, -0.1) is 0 Å². The predicted octanol–water partition coefficient (Wildman–Crippen LogP) is 5.14. The average molecular weight is 280 g/mol. The SMILES string of the molecule is CC(C)(C)c1ccc(C(C)(C)C(=O)c2ccccc2)cc1. The molecule has 0 unspecified atom stereocenters. The summed E-state index contributed by atoms with van der Waals surface area (Å²) in [6.45, 7) is 10.6. The Morgan fingerprint density at radius 3 is 1.67 bits per heavy atom. The smallest absolute Gasteiger partial charge is 0.172 e. The van der Waals surface area contributed by atoms with Crippen LogP contribution in [0.25, 0.3) is 0 Å². The van der Waals surface area contributed by atoms with E-state index in [-0.39, 0.29) is 11.2 Å². The molecule has 2 rings (SSSR count). The Kier molecular flexibility index (Phi) is 4.04. The molecule has 0 N–H and O–H groups in total. The van der Waals surface area contributed by atoms with Crippen LogP contribution in [0.2, 0.25) is 0 Å². The molecular weight excluding hydrogens is 256 g/mol. The quantitative estimate of drug-likeness (QED) is 0.711. The second kappa shape index (κ2) is 5.48. The van der Waals surface area contributed by atoms with Gasteiger partial charge in [-0.25, -0.2) is 0 Å². The van der Waals surface area contributed by atoms with Crippen molar-refractivity contribution < 1.29 is 4.79 Å². The largest absolute Gasteiger partial charge is 0.293 e. The van der Waals surface area contributed by atoms with Gasteiger partial charge in [0.15, 0.2) is 5.78 Å². The molecule has 2 aromatic rings. The highest BCUT2D eigenvalue weighted by atomic mass is 16.1. The monoisotopic (exact) mass is 280 g/mol. The minimum Gasteiger partial charge on any atom is -0.293 e. The van der Waals surface area contributed by atoms with Crippen LogP contribution in [0.15, 0.2) is 54.6 Å². The van der Waals surface area contributed by atoms with Crippen LogP contribution >= 0.6 is 0 Å². The van der Waals surface area contributed by atoms with Crippen molar-refractivity contribution in [3.63, 3.8) is 0 Å². The van der Waals surface area contributed by atoms with Crippen LogP contribution in [0.5, 0.6) is 0 Å². The summed E-state index contributed by atoms with van der Waals surface area (Å²) in [6.07, 6.45) is 0. The molecular formula is C20H24O. The fourth-order valence-corrected chi connectivity index (χ4v) is 2.47. The van der Waals surface area contributed by atoms with E-state index in [0.29, 0.717) is 0 Å². The van der Waals surface area contributed by atoms with E-state index in [9.17, 15) is 4.79 Å². The molecule has 0 amide bonds. The lowest BCUT2D eigenvalue weighted by Crippen LogP contribution is -2.29. The van der Waals surface area contributed by atoms with Gasteiger partial charge in [-0.05, 0) is 30.4 Å². The summed E-state index contributed by atoms with van der Waals surface area (Å²) < 4.78 is 0. The summed E-state index contributed by atoms with van der Waals surface area (Å²) >= 11 is 0. The highest BCUT2D eigenvalue weighted by molar-refractivity contribution is 6.03. The molecule has 0 saturated heterocycles. The molecule has 110 valence electrons. The van der Waals surface area contributed by atoms with Gasteiger partial charge in [0, 0.05) is 5.56 Å². The van der Waals surface area contributed by atoms with Crippen molar-refractivity contribution in [3.05, 3.63) is 71.3 Å². The van der Waals surface area contributed by atoms with Crippen LogP contribution < -0.4 is 0 Å². The molecule has 0 aliphatic rings. The molecule has 0 heterocycles. The third kappa shape index (κ3) is 3.24. The summed E-state index contributed by atoms with van der Waals surface area (Å²) in [6, 6.07) is 18.0. The maximum absolute atomic E-state index is 12.7. The topological polar surface area (TPSA) is 17.1 Å². The van der Waals surface area contributed by atoms with Crippen molar-refractivity contribution in [1.82, 2.24) is 0 Å². The summed E-state index contributed by atoms with van der Waals surface area (Å²) in [5.41, 5.74) is 2.73. The lowest BCUT2D eigenvalue weighted by molar-refractivity contribution is 0.0908. The molecule has 0 aromatic heterocycles. The van der Waals surface area contributed by atoms with Gasteiger partial charge in [-0.2, -0.15) is 0 Å². The molecule has 0 atom stereocenters. The predicted molar refractivity (Wildman–Crippen MR) is 88.9 cm³/mol. The number of carbonyl (C=O) groups is 1. The van der Waals surface area contributed by atoms with E-state index < -0.39 is 5.41 Å². The van der Waals surface area contributed by atoms with E-state index >= 15 is 0 Å². The molecule has 0 aliphatic heterocycles. The van der Waals surface area contributed by atoms with Crippen LogP contribution in [0.4, 0.5) is 0 Å². The summed E-state index contributed by atoms with van der Waals surface area (Å²) in [5, 5.41) is 0. The van der Waals surface area contributed by atoms with Crippen molar-refractivity contribution in [2.45, 2.75) is 45.4 Å². The zero-order valence-electron chi connectivity index (χ0n) is 13.6. The van der Waals surface area contributed by atoms with Crippen LogP contribution in [0, 0.1) is 0 Å². The van der Waals surface area contributed by atoms with E-state index in [1.165, 1.54) is 5.56 Å². The Morgan fingerprint density at radius 1 is 0.714 bits per heavy atom. The van der Waals surface area contributed by atoms with Gasteiger partial charge >= 0.3 is 0 Å². The maximum atomic E-state index is 12.7. The molecule has 0 aliphatic carbocycles. The third-order valence-corrected chi connectivity index (χ3v) is 4.08. The van der Waals surface area contributed by atoms with Crippen LogP contribution in [0.3, 0.4) is 0 Å². The van der Waals surface area contributed by atoms with Gasteiger partial charge in [0.05, 0.1) is 5.41 Å². The first-order valence-corrected chi connectivity index (χ1v) is 7.44.